The third-order valence-corrected chi connectivity index (χ3v) is 5.87. The van der Waals surface area contributed by atoms with E-state index >= 15 is 0 Å². The number of amides is 2. The first kappa shape index (κ1) is 22.2. The highest BCUT2D eigenvalue weighted by Crippen LogP contribution is 2.19. The second-order valence-electron chi connectivity index (χ2n) is 6.93. The van der Waals surface area contributed by atoms with Crippen LogP contribution >= 0.6 is 22.9 Å². The first-order valence-electron chi connectivity index (χ1n) is 9.79. The summed E-state index contributed by atoms with van der Waals surface area (Å²) in [5.41, 5.74) is 0.669. The van der Waals surface area contributed by atoms with Crippen molar-refractivity contribution in [2.24, 2.45) is 0 Å². The molecule has 1 N–H and O–H groups in total. The van der Waals surface area contributed by atoms with Crippen molar-refractivity contribution in [3.63, 3.8) is 0 Å². The second-order valence-corrected chi connectivity index (χ2v) is 8.40. The first-order valence-corrected chi connectivity index (χ1v) is 11.1. The Morgan fingerprint density at radius 1 is 0.967 bits per heavy atom. The van der Waals surface area contributed by atoms with Crippen molar-refractivity contribution in [2.45, 2.75) is 25.7 Å². The largest absolute Gasteiger partial charge is 0.325 e. The van der Waals surface area contributed by atoms with Crippen LogP contribution < -0.4 is 5.32 Å². The van der Waals surface area contributed by atoms with Crippen molar-refractivity contribution in [3.8, 4) is 0 Å². The van der Waals surface area contributed by atoms with E-state index in [0.29, 0.717) is 24.5 Å². The zero-order chi connectivity index (χ0) is 21.3. The first-order chi connectivity index (χ1) is 14.5. The van der Waals surface area contributed by atoms with Crippen molar-refractivity contribution in [1.29, 1.82) is 0 Å². The molecule has 0 aliphatic heterocycles. The van der Waals surface area contributed by atoms with Crippen LogP contribution in [0, 0.1) is 11.6 Å². The number of anilines is 1. The Hall–Kier alpha value is -2.44. The van der Waals surface area contributed by atoms with Crippen LogP contribution in [0.3, 0.4) is 0 Å². The van der Waals surface area contributed by atoms with Gasteiger partial charge in [0, 0.05) is 23.0 Å². The maximum atomic E-state index is 13.9. The van der Waals surface area contributed by atoms with Gasteiger partial charge in [0.25, 0.3) is 0 Å². The van der Waals surface area contributed by atoms with Crippen LogP contribution in [0.4, 0.5) is 19.3 Å². The van der Waals surface area contributed by atoms with E-state index < -0.39 is 23.4 Å². The van der Waals surface area contributed by atoms with E-state index in [1.54, 1.807) is 16.2 Å². The van der Waals surface area contributed by atoms with E-state index in [1.165, 1.54) is 10.9 Å². The highest BCUT2D eigenvalue weighted by molar-refractivity contribution is 7.09. The fraction of sp³-hybridized carbons (Fsp3) is 0.261. The van der Waals surface area contributed by atoms with Crippen LogP contribution in [0.1, 0.15) is 23.3 Å². The standard InChI is InChI=1S/C23H23ClF2N2OS/c24-18-8-1-6-17(16-18)7-3-13-28(14-4-9-19-10-5-15-30-19)23(29)27-22-20(25)11-2-12-21(22)26/h1-2,5-6,8,10-12,15-16H,3-4,7,9,13-14H2,(H,27,29). The zero-order valence-electron chi connectivity index (χ0n) is 16.4. The summed E-state index contributed by atoms with van der Waals surface area (Å²) in [6.45, 7) is 0.966. The summed E-state index contributed by atoms with van der Waals surface area (Å²) in [5, 5.41) is 5.09. The molecule has 0 aliphatic carbocycles. The Kier molecular flexibility index (Phi) is 8.22. The van der Waals surface area contributed by atoms with E-state index in [-0.39, 0.29) is 0 Å². The molecule has 0 spiro atoms. The van der Waals surface area contributed by atoms with Gasteiger partial charge in [-0.15, -0.1) is 11.3 Å². The number of rotatable bonds is 9. The number of aryl methyl sites for hydroxylation is 2. The van der Waals surface area contributed by atoms with Crippen LogP contribution in [0.2, 0.25) is 5.02 Å². The Balaban J connectivity index is 1.62. The molecule has 1 heterocycles. The Labute approximate surface area is 184 Å². The van der Waals surface area contributed by atoms with Crippen molar-refractivity contribution < 1.29 is 13.6 Å². The molecule has 0 saturated heterocycles. The average Bonchev–Trinajstić information content (AvgIpc) is 3.23. The minimum atomic E-state index is -0.791. The molecule has 2 amide bonds. The summed E-state index contributed by atoms with van der Waals surface area (Å²) in [6.07, 6.45) is 3.09. The number of carbonyl (C=O) groups is 1. The number of hydrogen-bond donors (Lipinski definition) is 1. The molecule has 0 atom stereocenters. The van der Waals surface area contributed by atoms with Crippen molar-refractivity contribution in [3.05, 3.63) is 87.1 Å². The molecule has 158 valence electrons. The van der Waals surface area contributed by atoms with E-state index in [2.05, 4.69) is 11.4 Å². The molecule has 3 aromatic rings. The zero-order valence-corrected chi connectivity index (χ0v) is 18.0. The molecule has 0 bridgehead atoms. The van der Waals surface area contributed by atoms with Gasteiger partial charge in [-0.25, -0.2) is 13.6 Å². The average molecular weight is 449 g/mol. The molecule has 30 heavy (non-hydrogen) atoms. The predicted octanol–water partition coefficient (Wildman–Crippen LogP) is 6.78. The van der Waals surface area contributed by atoms with Gasteiger partial charge in [-0.05, 0) is 67.0 Å². The summed E-state index contributed by atoms with van der Waals surface area (Å²) >= 11 is 7.70. The quantitative estimate of drug-likeness (QED) is 0.384. The molecule has 0 aliphatic rings. The molecule has 3 nitrogen and oxygen atoms in total. The molecule has 0 saturated carbocycles. The Morgan fingerprint density at radius 3 is 2.33 bits per heavy atom. The smallest absolute Gasteiger partial charge is 0.322 e. The van der Waals surface area contributed by atoms with E-state index in [1.807, 2.05) is 35.7 Å². The fourth-order valence-electron chi connectivity index (χ4n) is 3.18. The Bertz CT molecular complexity index is 945. The number of carbonyl (C=O) groups excluding carboxylic acids is 1. The summed E-state index contributed by atoms with van der Waals surface area (Å²) in [5.74, 6) is -1.58. The summed E-state index contributed by atoms with van der Waals surface area (Å²) in [4.78, 5) is 15.6. The van der Waals surface area contributed by atoms with Crippen LogP contribution in [0.5, 0.6) is 0 Å². The SMILES string of the molecule is O=C(Nc1c(F)cccc1F)N(CCCc1cccc(Cl)c1)CCCc1cccs1. The van der Waals surface area contributed by atoms with E-state index in [4.69, 9.17) is 11.6 Å². The number of urea groups is 1. The van der Waals surface area contributed by atoms with Gasteiger partial charge in [0.1, 0.15) is 17.3 Å². The van der Waals surface area contributed by atoms with Crippen molar-refractivity contribution in [2.75, 3.05) is 18.4 Å². The maximum Gasteiger partial charge on any atom is 0.322 e. The fourth-order valence-corrected chi connectivity index (χ4v) is 4.15. The van der Waals surface area contributed by atoms with Crippen molar-refractivity contribution >= 4 is 34.7 Å². The highest BCUT2D eigenvalue weighted by Gasteiger charge is 2.17. The summed E-state index contributed by atoms with van der Waals surface area (Å²) in [7, 11) is 0. The molecule has 1 aromatic heterocycles. The second kappa shape index (κ2) is 11.1. The van der Waals surface area contributed by atoms with Crippen LogP contribution in [0.25, 0.3) is 0 Å². The van der Waals surface area contributed by atoms with Gasteiger partial charge in [-0.3, -0.25) is 0 Å². The minimum Gasteiger partial charge on any atom is -0.325 e. The number of para-hydroxylation sites is 1. The number of nitrogens with one attached hydrogen (secondary N) is 1. The lowest BCUT2D eigenvalue weighted by molar-refractivity contribution is 0.210. The number of benzene rings is 2. The highest BCUT2D eigenvalue weighted by atomic mass is 35.5. The number of hydrogen-bond acceptors (Lipinski definition) is 2. The molecule has 2 aromatic carbocycles. The maximum absolute atomic E-state index is 13.9. The van der Waals surface area contributed by atoms with Gasteiger partial charge in [-0.2, -0.15) is 0 Å². The predicted molar refractivity (Wildman–Crippen MR) is 119 cm³/mol. The lowest BCUT2D eigenvalue weighted by Crippen LogP contribution is -2.37. The number of halogens is 3. The van der Waals surface area contributed by atoms with Gasteiger partial charge in [-0.1, -0.05) is 35.9 Å². The molecule has 0 radical (unpaired) electrons. The van der Waals surface area contributed by atoms with Gasteiger partial charge in [0.05, 0.1) is 0 Å². The number of thiophene rings is 1. The van der Waals surface area contributed by atoms with Crippen LogP contribution in [-0.4, -0.2) is 24.0 Å². The topological polar surface area (TPSA) is 32.3 Å². The van der Waals surface area contributed by atoms with Gasteiger partial charge in [0.2, 0.25) is 0 Å². The lowest BCUT2D eigenvalue weighted by atomic mass is 10.1. The molecule has 3 rings (SSSR count). The van der Waals surface area contributed by atoms with Gasteiger partial charge >= 0.3 is 6.03 Å². The third kappa shape index (κ3) is 6.54. The third-order valence-electron chi connectivity index (χ3n) is 4.70. The monoisotopic (exact) mass is 448 g/mol. The van der Waals surface area contributed by atoms with Crippen LogP contribution in [-0.2, 0) is 12.8 Å². The van der Waals surface area contributed by atoms with Crippen LogP contribution in [0.15, 0.2) is 60.0 Å². The molecule has 7 heteroatoms. The molecule has 0 fully saturated rings. The van der Waals surface area contributed by atoms with E-state index in [0.717, 1.165) is 37.0 Å². The molecular weight excluding hydrogens is 426 g/mol. The lowest BCUT2D eigenvalue weighted by Gasteiger charge is -2.23. The van der Waals surface area contributed by atoms with E-state index in [9.17, 15) is 13.6 Å². The van der Waals surface area contributed by atoms with Gasteiger partial charge < -0.3 is 10.2 Å². The summed E-state index contributed by atoms with van der Waals surface area (Å²) < 4.78 is 27.9. The Morgan fingerprint density at radius 2 is 1.67 bits per heavy atom. The molecule has 0 unspecified atom stereocenters. The normalized spacial score (nSPS) is 10.8. The minimum absolute atomic E-state index is 0.416. The molecular formula is C23H23ClF2N2OS. The number of nitrogens with zero attached hydrogens (tertiary/aromatic N) is 1. The summed E-state index contributed by atoms with van der Waals surface area (Å²) in [6, 6.07) is 14.7. The van der Waals surface area contributed by atoms with Gasteiger partial charge in [0.15, 0.2) is 0 Å². The van der Waals surface area contributed by atoms with Crippen molar-refractivity contribution in [1.82, 2.24) is 4.90 Å².